The van der Waals surface area contributed by atoms with Crippen molar-refractivity contribution in [3.63, 3.8) is 0 Å². The highest BCUT2D eigenvalue weighted by atomic mass is 16.3. The Bertz CT molecular complexity index is 433. The van der Waals surface area contributed by atoms with Crippen molar-refractivity contribution >= 4 is 6.29 Å². The lowest BCUT2D eigenvalue weighted by Crippen LogP contribution is -2.57. The summed E-state index contributed by atoms with van der Waals surface area (Å²) in [6, 6.07) is 0. The SMILES string of the molecule is CC(C=O)=CCC1C(C)(O)CCC2C(C)(C)CCCC21C. The summed E-state index contributed by atoms with van der Waals surface area (Å²) < 4.78 is 0. The van der Waals surface area contributed by atoms with E-state index in [-0.39, 0.29) is 11.3 Å². The van der Waals surface area contributed by atoms with E-state index in [9.17, 15) is 9.90 Å². The smallest absolute Gasteiger partial charge is 0.145 e. The minimum Gasteiger partial charge on any atom is -0.390 e. The summed E-state index contributed by atoms with van der Waals surface area (Å²) >= 11 is 0. The summed E-state index contributed by atoms with van der Waals surface area (Å²) in [4.78, 5) is 10.9. The second-order valence-electron chi connectivity index (χ2n) is 8.65. The van der Waals surface area contributed by atoms with Crippen LogP contribution in [0, 0.1) is 22.7 Å². The lowest BCUT2D eigenvalue weighted by molar-refractivity contribution is -0.165. The van der Waals surface area contributed by atoms with Crippen LogP contribution in [-0.2, 0) is 4.79 Å². The van der Waals surface area contributed by atoms with E-state index in [4.69, 9.17) is 0 Å². The minimum absolute atomic E-state index is 0.184. The molecule has 120 valence electrons. The number of rotatable bonds is 3. The zero-order chi connectivity index (χ0) is 15.9. The van der Waals surface area contributed by atoms with Crippen molar-refractivity contribution in [3.8, 4) is 0 Å². The van der Waals surface area contributed by atoms with Crippen molar-refractivity contribution in [1.82, 2.24) is 0 Å². The molecule has 21 heavy (non-hydrogen) atoms. The van der Waals surface area contributed by atoms with Gasteiger partial charge in [0, 0.05) is 0 Å². The first kappa shape index (κ1) is 16.7. The number of carbonyl (C=O) groups is 1. The fraction of sp³-hybridized carbons (Fsp3) is 0.842. The molecule has 0 bridgehead atoms. The minimum atomic E-state index is -0.613. The molecule has 2 aliphatic rings. The molecule has 0 aromatic heterocycles. The molecule has 4 atom stereocenters. The van der Waals surface area contributed by atoms with E-state index in [1.807, 2.05) is 19.9 Å². The Morgan fingerprint density at radius 3 is 2.48 bits per heavy atom. The molecule has 2 rings (SSSR count). The molecule has 2 nitrogen and oxygen atoms in total. The summed E-state index contributed by atoms with van der Waals surface area (Å²) in [6.07, 6.45) is 9.53. The van der Waals surface area contributed by atoms with Gasteiger partial charge in [-0.15, -0.1) is 0 Å². The van der Waals surface area contributed by atoms with Crippen LogP contribution < -0.4 is 0 Å². The normalized spacial score (nSPS) is 43.2. The van der Waals surface area contributed by atoms with Crippen molar-refractivity contribution in [2.45, 2.75) is 78.7 Å². The van der Waals surface area contributed by atoms with Gasteiger partial charge in [-0.3, -0.25) is 4.79 Å². The first-order valence-corrected chi connectivity index (χ1v) is 8.48. The molecule has 0 aliphatic heterocycles. The van der Waals surface area contributed by atoms with Crippen molar-refractivity contribution in [1.29, 1.82) is 0 Å². The first-order valence-electron chi connectivity index (χ1n) is 8.48. The van der Waals surface area contributed by atoms with Crippen LogP contribution in [0.4, 0.5) is 0 Å². The second-order valence-corrected chi connectivity index (χ2v) is 8.65. The molecule has 4 unspecified atom stereocenters. The van der Waals surface area contributed by atoms with Crippen LogP contribution >= 0.6 is 0 Å². The Labute approximate surface area is 130 Å². The maximum absolute atomic E-state index is 11.0. The van der Waals surface area contributed by atoms with E-state index < -0.39 is 5.60 Å². The summed E-state index contributed by atoms with van der Waals surface area (Å²) in [7, 11) is 0. The Morgan fingerprint density at radius 1 is 1.19 bits per heavy atom. The van der Waals surface area contributed by atoms with Gasteiger partial charge in [0.05, 0.1) is 5.60 Å². The predicted molar refractivity (Wildman–Crippen MR) is 87.0 cm³/mol. The van der Waals surface area contributed by atoms with Gasteiger partial charge < -0.3 is 5.11 Å². The molecule has 2 saturated carbocycles. The third-order valence-electron chi connectivity index (χ3n) is 6.62. The van der Waals surface area contributed by atoms with Crippen LogP contribution in [0.25, 0.3) is 0 Å². The fourth-order valence-electron chi connectivity index (χ4n) is 5.50. The molecule has 0 heterocycles. The quantitative estimate of drug-likeness (QED) is 0.613. The molecule has 0 aromatic rings. The molecule has 0 amide bonds. The number of carbonyl (C=O) groups excluding carboxylic acids is 1. The Hall–Kier alpha value is -0.630. The van der Waals surface area contributed by atoms with E-state index >= 15 is 0 Å². The number of allylic oxidation sites excluding steroid dienone is 2. The topological polar surface area (TPSA) is 37.3 Å². The molecular formula is C19H32O2. The van der Waals surface area contributed by atoms with Gasteiger partial charge in [-0.25, -0.2) is 0 Å². The van der Waals surface area contributed by atoms with Crippen LogP contribution in [0.3, 0.4) is 0 Å². The largest absolute Gasteiger partial charge is 0.390 e. The van der Waals surface area contributed by atoms with E-state index in [2.05, 4.69) is 20.8 Å². The number of aliphatic hydroxyl groups is 1. The average Bonchev–Trinajstić information content (AvgIpc) is 2.35. The zero-order valence-electron chi connectivity index (χ0n) is 14.4. The summed E-state index contributed by atoms with van der Waals surface area (Å²) in [5.74, 6) is 0.923. The average molecular weight is 292 g/mol. The summed E-state index contributed by atoms with van der Waals surface area (Å²) in [6.45, 7) is 11.1. The van der Waals surface area contributed by atoms with Gasteiger partial charge in [-0.1, -0.05) is 33.3 Å². The molecule has 2 fully saturated rings. The monoisotopic (exact) mass is 292 g/mol. The number of hydrogen-bond acceptors (Lipinski definition) is 2. The van der Waals surface area contributed by atoms with Crippen molar-refractivity contribution in [3.05, 3.63) is 11.6 Å². The molecule has 0 radical (unpaired) electrons. The number of hydrogen-bond donors (Lipinski definition) is 1. The van der Waals surface area contributed by atoms with Crippen LogP contribution in [0.2, 0.25) is 0 Å². The van der Waals surface area contributed by atoms with E-state index in [0.29, 0.717) is 11.3 Å². The van der Waals surface area contributed by atoms with Crippen LogP contribution in [0.15, 0.2) is 11.6 Å². The van der Waals surface area contributed by atoms with Crippen molar-refractivity contribution in [2.24, 2.45) is 22.7 Å². The third kappa shape index (κ3) is 2.97. The van der Waals surface area contributed by atoms with Crippen LogP contribution in [-0.4, -0.2) is 17.0 Å². The third-order valence-corrected chi connectivity index (χ3v) is 6.62. The molecule has 0 saturated heterocycles. The highest BCUT2D eigenvalue weighted by molar-refractivity contribution is 5.71. The van der Waals surface area contributed by atoms with Gasteiger partial charge >= 0.3 is 0 Å². The van der Waals surface area contributed by atoms with E-state index in [1.165, 1.54) is 19.3 Å². The highest BCUT2D eigenvalue weighted by Crippen LogP contribution is 2.62. The van der Waals surface area contributed by atoms with E-state index in [0.717, 1.165) is 31.1 Å². The lowest BCUT2D eigenvalue weighted by Gasteiger charge is -2.61. The molecule has 0 spiro atoms. The Kier molecular flexibility index (Phi) is 4.41. The van der Waals surface area contributed by atoms with Crippen LogP contribution in [0.5, 0.6) is 0 Å². The summed E-state index contributed by atoms with van der Waals surface area (Å²) in [5.41, 5.74) is 0.721. The van der Waals surface area contributed by atoms with Gasteiger partial charge in [0.15, 0.2) is 0 Å². The Morgan fingerprint density at radius 2 is 1.86 bits per heavy atom. The van der Waals surface area contributed by atoms with Gasteiger partial charge in [-0.05, 0) is 74.2 Å². The first-order chi connectivity index (χ1) is 9.63. The van der Waals surface area contributed by atoms with Crippen molar-refractivity contribution < 1.29 is 9.90 Å². The molecule has 2 aliphatic carbocycles. The summed E-state index contributed by atoms with van der Waals surface area (Å²) in [5, 5.41) is 11.0. The van der Waals surface area contributed by atoms with Gasteiger partial charge in [0.25, 0.3) is 0 Å². The zero-order valence-corrected chi connectivity index (χ0v) is 14.4. The highest BCUT2D eigenvalue weighted by Gasteiger charge is 2.57. The Balaban J connectivity index is 2.35. The molecule has 2 heteroatoms. The number of fused-ring (bicyclic) bond motifs is 1. The second kappa shape index (κ2) is 5.53. The standard InChI is InChI=1S/C19H32O2/c1-14(13-20)7-8-16-18(4)11-6-10-17(2,3)15(18)9-12-19(16,5)21/h7,13,15-16,21H,6,8-12H2,1-5H3. The molecular weight excluding hydrogens is 260 g/mol. The van der Waals surface area contributed by atoms with Gasteiger partial charge in [0.2, 0.25) is 0 Å². The predicted octanol–water partition coefficient (Wildman–Crippen LogP) is 4.52. The lowest BCUT2D eigenvalue weighted by atomic mass is 9.45. The molecule has 0 aromatic carbocycles. The molecule has 1 N–H and O–H groups in total. The van der Waals surface area contributed by atoms with E-state index in [1.54, 1.807) is 0 Å². The maximum Gasteiger partial charge on any atom is 0.145 e. The number of aldehydes is 1. The fourth-order valence-corrected chi connectivity index (χ4v) is 5.50. The van der Waals surface area contributed by atoms with Gasteiger partial charge in [0.1, 0.15) is 6.29 Å². The van der Waals surface area contributed by atoms with Crippen LogP contribution in [0.1, 0.15) is 73.1 Å². The maximum atomic E-state index is 11.0. The van der Waals surface area contributed by atoms with Gasteiger partial charge in [-0.2, -0.15) is 0 Å². The van der Waals surface area contributed by atoms with Crippen molar-refractivity contribution in [2.75, 3.05) is 0 Å².